The van der Waals surface area contributed by atoms with Crippen LogP contribution in [0.2, 0.25) is 0 Å². The van der Waals surface area contributed by atoms with Crippen LogP contribution in [0.3, 0.4) is 0 Å². The van der Waals surface area contributed by atoms with E-state index in [2.05, 4.69) is 36.6 Å². The standard InChI is InChI=1S/C29H28Br2N4O4S2/c1-15-7-19(9-17(13-30)27(15)32)29(20-8-16(2)28(33)18(10-20)14-31)25-11-21(35-40(36)37)3-5-23(25)24-6-4-22(12-26(24)29)41(34,38)39/h3-12,35H,13-14,32-33H2,1-2H3,(H,36,37)(H2,34,38,39)/p-1. The lowest BCUT2D eigenvalue weighted by molar-refractivity contribution is 0.542. The number of hydrogen-bond donors (Lipinski definition) is 4. The first-order valence-corrected chi connectivity index (χ1v) is 17.3. The van der Waals surface area contributed by atoms with Crippen molar-refractivity contribution in [2.75, 3.05) is 16.2 Å². The van der Waals surface area contributed by atoms with Crippen LogP contribution in [-0.2, 0) is 37.4 Å². The zero-order chi connectivity index (χ0) is 29.9. The second-order valence-electron chi connectivity index (χ2n) is 10.1. The van der Waals surface area contributed by atoms with Gasteiger partial charge >= 0.3 is 0 Å². The lowest BCUT2D eigenvalue weighted by Crippen LogP contribution is -2.30. The van der Waals surface area contributed by atoms with Gasteiger partial charge in [0.2, 0.25) is 10.0 Å². The van der Waals surface area contributed by atoms with Gasteiger partial charge in [0.25, 0.3) is 0 Å². The van der Waals surface area contributed by atoms with Crippen LogP contribution in [-0.4, -0.2) is 17.2 Å². The third kappa shape index (κ3) is 4.90. The Labute approximate surface area is 258 Å². The van der Waals surface area contributed by atoms with E-state index < -0.39 is 26.7 Å². The van der Waals surface area contributed by atoms with Crippen molar-refractivity contribution in [1.29, 1.82) is 0 Å². The third-order valence-corrected chi connectivity index (χ3v) is 10.3. The summed E-state index contributed by atoms with van der Waals surface area (Å²) < 4.78 is 51.0. The molecule has 0 heterocycles. The average molecular weight is 720 g/mol. The van der Waals surface area contributed by atoms with Gasteiger partial charge in [0.1, 0.15) is 0 Å². The van der Waals surface area contributed by atoms with Crippen molar-refractivity contribution < 1.29 is 17.2 Å². The molecule has 12 heteroatoms. The molecule has 1 aliphatic rings. The van der Waals surface area contributed by atoms with Crippen molar-refractivity contribution in [2.45, 2.75) is 34.8 Å². The second kappa shape index (κ2) is 10.8. The number of sulfonamides is 1. The molecule has 214 valence electrons. The third-order valence-electron chi connectivity index (χ3n) is 7.74. The minimum atomic E-state index is -4.05. The van der Waals surface area contributed by atoms with Gasteiger partial charge in [-0.1, -0.05) is 68.3 Å². The molecule has 1 atom stereocenters. The minimum absolute atomic E-state index is 0.0341. The van der Waals surface area contributed by atoms with Crippen molar-refractivity contribution in [2.24, 2.45) is 5.14 Å². The van der Waals surface area contributed by atoms with Crippen molar-refractivity contribution in [3.8, 4) is 11.1 Å². The predicted molar refractivity (Wildman–Crippen MR) is 171 cm³/mol. The summed E-state index contributed by atoms with van der Waals surface area (Å²) in [7, 11) is -4.05. The summed E-state index contributed by atoms with van der Waals surface area (Å²) in [5.74, 6) is 0. The van der Waals surface area contributed by atoms with Gasteiger partial charge in [-0.15, -0.1) is 0 Å². The molecular formula is C29H27Br2N4O4S2-. The van der Waals surface area contributed by atoms with Crippen LogP contribution in [0.15, 0.2) is 65.6 Å². The minimum Gasteiger partial charge on any atom is -0.755 e. The molecule has 0 bridgehead atoms. The fourth-order valence-electron chi connectivity index (χ4n) is 5.83. The molecule has 4 aromatic rings. The largest absolute Gasteiger partial charge is 0.755 e. The molecule has 5 rings (SSSR count). The Morgan fingerprint density at radius 1 is 0.829 bits per heavy atom. The highest BCUT2D eigenvalue weighted by Crippen LogP contribution is 2.58. The number of nitrogens with one attached hydrogen (secondary N) is 1. The van der Waals surface area contributed by atoms with E-state index in [1.54, 1.807) is 24.3 Å². The van der Waals surface area contributed by atoms with Crippen LogP contribution in [0.4, 0.5) is 17.1 Å². The summed E-state index contributed by atoms with van der Waals surface area (Å²) in [4.78, 5) is -0.0341. The van der Waals surface area contributed by atoms with Crippen LogP contribution < -0.4 is 21.3 Å². The van der Waals surface area contributed by atoms with Gasteiger partial charge in [-0.3, -0.25) is 4.21 Å². The van der Waals surface area contributed by atoms with Gasteiger partial charge in [0.05, 0.1) is 10.3 Å². The molecule has 0 saturated carbocycles. The summed E-state index contributed by atoms with van der Waals surface area (Å²) in [6, 6.07) is 18.2. The summed E-state index contributed by atoms with van der Waals surface area (Å²) in [5.41, 5.74) is 21.6. The number of primary sulfonamides is 1. The van der Waals surface area contributed by atoms with E-state index in [0.29, 0.717) is 33.3 Å². The highest BCUT2D eigenvalue weighted by atomic mass is 79.9. The molecule has 0 spiro atoms. The molecule has 0 amide bonds. The van der Waals surface area contributed by atoms with Crippen molar-refractivity contribution >= 4 is 70.2 Å². The molecule has 1 unspecified atom stereocenters. The topological polar surface area (TPSA) is 164 Å². The first-order valence-electron chi connectivity index (χ1n) is 12.4. The number of alkyl halides is 2. The SMILES string of the molecule is Cc1cc(C2(c3cc(C)c(N)c(CBr)c3)c3cc(NS(=O)[O-])ccc3-c3ccc(S(N)(=O)=O)cc32)cc(CBr)c1N. The fourth-order valence-corrected chi connectivity index (χ4v) is 7.61. The Morgan fingerprint density at radius 3 is 1.78 bits per heavy atom. The number of nitrogen functional groups attached to an aromatic ring is 2. The van der Waals surface area contributed by atoms with Crippen molar-refractivity contribution in [3.63, 3.8) is 0 Å². The maximum absolute atomic E-state index is 12.6. The first kappa shape index (κ1) is 29.7. The molecule has 0 saturated heterocycles. The number of nitrogens with two attached hydrogens (primary N) is 3. The first-order chi connectivity index (χ1) is 19.3. The number of rotatable bonds is 7. The highest BCUT2D eigenvalue weighted by molar-refractivity contribution is 9.08. The normalized spacial score (nSPS) is 14.4. The van der Waals surface area contributed by atoms with Gasteiger partial charge in [0.15, 0.2) is 0 Å². The van der Waals surface area contributed by atoms with E-state index in [-0.39, 0.29) is 4.90 Å². The second-order valence-corrected chi connectivity index (χ2v) is 13.5. The molecule has 0 fully saturated rings. The van der Waals surface area contributed by atoms with Crippen LogP contribution in [0.25, 0.3) is 11.1 Å². The summed E-state index contributed by atoms with van der Waals surface area (Å²) in [6.07, 6.45) is 0. The Bertz CT molecular complexity index is 1800. The maximum atomic E-state index is 12.6. The number of anilines is 3. The number of hydrogen-bond acceptors (Lipinski definition) is 6. The Kier molecular flexibility index (Phi) is 7.86. The number of aryl methyl sites for hydroxylation is 2. The molecular weight excluding hydrogens is 692 g/mol. The number of benzene rings is 4. The van der Waals surface area contributed by atoms with Crippen LogP contribution in [0.5, 0.6) is 0 Å². The Hall–Kier alpha value is -2.74. The van der Waals surface area contributed by atoms with Gasteiger partial charge in [-0.2, -0.15) is 0 Å². The van der Waals surface area contributed by atoms with Gasteiger partial charge in [-0.25, -0.2) is 13.6 Å². The summed E-state index contributed by atoms with van der Waals surface area (Å²) in [5, 5.41) is 6.61. The van der Waals surface area contributed by atoms with E-state index in [4.69, 9.17) is 16.6 Å². The summed E-state index contributed by atoms with van der Waals surface area (Å²) >= 11 is 4.57. The highest BCUT2D eigenvalue weighted by Gasteiger charge is 2.47. The van der Waals surface area contributed by atoms with Gasteiger partial charge in [0, 0.05) is 39.0 Å². The van der Waals surface area contributed by atoms with Gasteiger partial charge < -0.3 is 20.7 Å². The zero-order valence-electron chi connectivity index (χ0n) is 22.1. The van der Waals surface area contributed by atoms with E-state index in [9.17, 15) is 17.2 Å². The zero-order valence-corrected chi connectivity index (χ0v) is 26.9. The molecule has 4 aromatic carbocycles. The monoisotopic (exact) mass is 717 g/mol. The van der Waals surface area contributed by atoms with E-state index in [1.165, 1.54) is 6.07 Å². The van der Waals surface area contributed by atoms with Crippen LogP contribution in [0.1, 0.15) is 44.5 Å². The van der Waals surface area contributed by atoms with Crippen molar-refractivity contribution in [1.82, 2.24) is 0 Å². The van der Waals surface area contributed by atoms with E-state index in [1.807, 2.05) is 44.2 Å². The molecule has 8 nitrogen and oxygen atoms in total. The smallest absolute Gasteiger partial charge is 0.238 e. The van der Waals surface area contributed by atoms with Crippen LogP contribution >= 0.6 is 31.9 Å². The maximum Gasteiger partial charge on any atom is 0.238 e. The Morgan fingerprint density at radius 2 is 1.32 bits per heavy atom. The molecule has 41 heavy (non-hydrogen) atoms. The van der Waals surface area contributed by atoms with Crippen LogP contribution in [0, 0.1) is 13.8 Å². The fraction of sp³-hybridized carbons (Fsp3) is 0.172. The lowest BCUT2D eigenvalue weighted by Gasteiger charge is -2.36. The lowest BCUT2D eigenvalue weighted by atomic mass is 9.66. The number of halogens is 2. The molecule has 0 radical (unpaired) electrons. The quantitative estimate of drug-likeness (QED) is 0.0990. The molecule has 1 aliphatic carbocycles. The molecule has 0 aliphatic heterocycles. The molecule has 0 aromatic heterocycles. The van der Waals surface area contributed by atoms with E-state index in [0.717, 1.165) is 50.1 Å². The van der Waals surface area contributed by atoms with Crippen molar-refractivity contribution in [3.05, 3.63) is 105 Å². The average Bonchev–Trinajstić information content (AvgIpc) is 3.20. The Balaban J connectivity index is 2.04. The predicted octanol–water partition coefficient (Wildman–Crippen LogP) is 5.47. The van der Waals surface area contributed by atoms with Gasteiger partial charge in [-0.05, 0) is 93.7 Å². The summed E-state index contributed by atoms with van der Waals surface area (Å²) in [6.45, 7) is 3.85. The van der Waals surface area contributed by atoms with E-state index >= 15 is 0 Å². The number of fused-ring (bicyclic) bond motifs is 3. The molecule has 7 N–H and O–H groups in total.